The second-order valence-corrected chi connectivity index (χ2v) is 3.97. The Bertz CT molecular complexity index is 602. The zero-order chi connectivity index (χ0) is 12.3. The Hall–Kier alpha value is -1.97. The van der Waals surface area contributed by atoms with Gasteiger partial charge in [0.2, 0.25) is 0 Å². The van der Waals surface area contributed by atoms with Gasteiger partial charge in [0.05, 0.1) is 0 Å². The summed E-state index contributed by atoms with van der Waals surface area (Å²) in [4.78, 5) is 26.8. The van der Waals surface area contributed by atoms with E-state index >= 15 is 0 Å². The molecule has 4 nitrogen and oxygen atoms in total. The number of carbonyl (C=O) groups is 1. The van der Waals surface area contributed by atoms with E-state index < -0.39 is 0 Å². The van der Waals surface area contributed by atoms with Crippen LogP contribution >= 0.6 is 0 Å². The topological polar surface area (TPSA) is 51.4 Å². The van der Waals surface area contributed by atoms with E-state index in [1.54, 1.807) is 16.7 Å². The number of aromatic nitrogens is 2. The van der Waals surface area contributed by atoms with Gasteiger partial charge in [-0.05, 0) is 31.9 Å². The Kier molecular flexibility index (Phi) is 3.32. The Morgan fingerprint density at radius 2 is 2.24 bits per heavy atom. The van der Waals surface area contributed by atoms with Crippen LogP contribution in [-0.4, -0.2) is 15.7 Å². The summed E-state index contributed by atoms with van der Waals surface area (Å²) in [5.74, 6) is 0. The van der Waals surface area contributed by atoms with Crippen LogP contribution in [0.25, 0.3) is 5.65 Å². The number of pyridine rings is 1. The third-order valence-electron chi connectivity index (χ3n) is 2.78. The van der Waals surface area contributed by atoms with Crippen LogP contribution in [0.15, 0.2) is 29.2 Å². The molecule has 0 radical (unpaired) electrons. The first-order valence-electron chi connectivity index (χ1n) is 5.64. The lowest BCUT2D eigenvalue weighted by molar-refractivity contribution is -0.107. The van der Waals surface area contributed by atoms with Crippen molar-refractivity contribution in [3.63, 3.8) is 0 Å². The van der Waals surface area contributed by atoms with E-state index in [4.69, 9.17) is 0 Å². The molecule has 0 saturated heterocycles. The molecule has 88 valence electrons. The molecule has 0 spiro atoms. The lowest BCUT2D eigenvalue weighted by Gasteiger charge is -2.06. The third kappa shape index (κ3) is 2.25. The van der Waals surface area contributed by atoms with Crippen molar-refractivity contribution in [1.82, 2.24) is 9.38 Å². The normalized spacial score (nSPS) is 10.6. The molecular formula is C13H14N2O2. The van der Waals surface area contributed by atoms with E-state index in [0.717, 1.165) is 12.0 Å². The standard InChI is InChI=1S/C13H14N2O2/c1-10-11(6-3-5-9-16)13(17)15-8-4-2-7-12(15)14-10/h2,4,7-9H,3,5-6H2,1H3. The van der Waals surface area contributed by atoms with Crippen LogP contribution < -0.4 is 5.56 Å². The first kappa shape index (κ1) is 11.5. The van der Waals surface area contributed by atoms with Gasteiger partial charge in [-0.2, -0.15) is 0 Å². The summed E-state index contributed by atoms with van der Waals surface area (Å²) in [6.45, 7) is 1.84. The molecule has 0 aliphatic rings. The lowest BCUT2D eigenvalue weighted by atomic mass is 10.1. The molecule has 2 aromatic heterocycles. The zero-order valence-corrected chi connectivity index (χ0v) is 9.72. The second kappa shape index (κ2) is 4.91. The van der Waals surface area contributed by atoms with Crippen LogP contribution in [0.4, 0.5) is 0 Å². The third-order valence-corrected chi connectivity index (χ3v) is 2.78. The van der Waals surface area contributed by atoms with Crippen LogP contribution in [-0.2, 0) is 11.2 Å². The molecule has 0 unspecified atom stereocenters. The molecule has 0 bridgehead atoms. The van der Waals surface area contributed by atoms with Crippen molar-refractivity contribution in [3.05, 3.63) is 46.0 Å². The van der Waals surface area contributed by atoms with Gasteiger partial charge in [0.1, 0.15) is 11.9 Å². The Morgan fingerprint density at radius 1 is 1.41 bits per heavy atom. The molecule has 0 aliphatic heterocycles. The monoisotopic (exact) mass is 230 g/mol. The molecule has 0 amide bonds. The second-order valence-electron chi connectivity index (χ2n) is 3.97. The van der Waals surface area contributed by atoms with Crippen LogP contribution in [0.3, 0.4) is 0 Å². The summed E-state index contributed by atoms with van der Waals surface area (Å²) in [5.41, 5.74) is 2.09. The van der Waals surface area contributed by atoms with E-state index in [-0.39, 0.29) is 5.56 Å². The van der Waals surface area contributed by atoms with Gasteiger partial charge in [0.25, 0.3) is 5.56 Å². The first-order valence-corrected chi connectivity index (χ1v) is 5.64. The van der Waals surface area contributed by atoms with E-state index in [0.29, 0.717) is 30.5 Å². The molecular weight excluding hydrogens is 216 g/mol. The fourth-order valence-corrected chi connectivity index (χ4v) is 1.89. The van der Waals surface area contributed by atoms with Gasteiger partial charge in [0, 0.05) is 23.9 Å². The molecule has 0 fully saturated rings. The molecule has 2 rings (SSSR count). The zero-order valence-electron chi connectivity index (χ0n) is 9.72. The minimum atomic E-state index is -0.0287. The predicted octanol–water partition coefficient (Wildman–Crippen LogP) is 1.52. The first-order chi connectivity index (χ1) is 8.24. The minimum Gasteiger partial charge on any atom is -0.303 e. The summed E-state index contributed by atoms with van der Waals surface area (Å²) >= 11 is 0. The van der Waals surface area contributed by atoms with E-state index in [9.17, 15) is 9.59 Å². The number of carbonyl (C=O) groups excluding carboxylic acids is 1. The van der Waals surface area contributed by atoms with Gasteiger partial charge in [0.15, 0.2) is 0 Å². The number of rotatable bonds is 4. The fourth-order valence-electron chi connectivity index (χ4n) is 1.89. The van der Waals surface area contributed by atoms with Crippen molar-refractivity contribution in [2.75, 3.05) is 0 Å². The molecule has 0 aliphatic carbocycles. The number of aldehydes is 1. The van der Waals surface area contributed by atoms with Crippen LogP contribution in [0, 0.1) is 6.92 Å². The van der Waals surface area contributed by atoms with Crippen molar-refractivity contribution in [2.24, 2.45) is 0 Å². The maximum absolute atomic E-state index is 12.2. The SMILES string of the molecule is Cc1nc2ccccn2c(=O)c1CCCC=O. The Balaban J connectivity index is 2.48. The number of fused-ring (bicyclic) bond motifs is 1. The minimum absolute atomic E-state index is 0.0287. The number of aryl methyl sites for hydroxylation is 1. The van der Waals surface area contributed by atoms with Crippen molar-refractivity contribution >= 4 is 11.9 Å². The van der Waals surface area contributed by atoms with Crippen LogP contribution in [0.2, 0.25) is 0 Å². The highest BCUT2D eigenvalue weighted by molar-refractivity contribution is 5.49. The summed E-state index contributed by atoms with van der Waals surface area (Å²) in [6, 6.07) is 5.47. The van der Waals surface area contributed by atoms with Crippen molar-refractivity contribution < 1.29 is 4.79 Å². The summed E-state index contributed by atoms with van der Waals surface area (Å²) in [6.07, 6.45) is 4.37. The van der Waals surface area contributed by atoms with Gasteiger partial charge < -0.3 is 4.79 Å². The highest BCUT2D eigenvalue weighted by atomic mass is 16.1. The van der Waals surface area contributed by atoms with Gasteiger partial charge >= 0.3 is 0 Å². The van der Waals surface area contributed by atoms with Gasteiger partial charge in [-0.3, -0.25) is 9.20 Å². The average Bonchev–Trinajstić information content (AvgIpc) is 2.33. The maximum Gasteiger partial charge on any atom is 0.261 e. The largest absolute Gasteiger partial charge is 0.303 e. The van der Waals surface area contributed by atoms with Crippen LogP contribution in [0.1, 0.15) is 24.1 Å². The number of nitrogens with zero attached hydrogens (tertiary/aromatic N) is 2. The molecule has 0 saturated carbocycles. The molecule has 17 heavy (non-hydrogen) atoms. The van der Waals surface area contributed by atoms with Gasteiger partial charge in [-0.1, -0.05) is 6.07 Å². The number of unbranched alkanes of at least 4 members (excludes halogenated alkanes) is 1. The molecule has 0 atom stereocenters. The number of hydrogen-bond donors (Lipinski definition) is 0. The van der Waals surface area contributed by atoms with Crippen molar-refractivity contribution in [1.29, 1.82) is 0 Å². The Morgan fingerprint density at radius 3 is 3.00 bits per heavy atom. The molecule has 0 aromatic carbocycles. The van der Waals surface area contributed by atoms with Gasteiger partial charge in [-0.25, -0.2) is 4.98 Å². The quantitative estimate of drug-likeness (QED) is 0.591. The molecule has 0 N–H and O–H groups in total. The van der Waals surface area contributed by atoms with Crippen LogP contribution in [0.5, 0.6) is 0 Å². The van der Waals surface area contributed by atoms with Gasteiger partial charge in [-0.15, -0.1) is 0 Å². The fraction of sp³-hybridized carbons (Fsp3) is 0.308. The summed E-state index contributed by atoms with van der Waals surface area (Å²) < 4.78 is 1.54. The number of hydrogen-bond acceptors (Lipinski definition) is 3. The van der Waals surface area contributed by atoms with E-state index in [2.05, 4.69) is 4.98 Å². The van der Waals surface area contributed by atoms with E-state index in [1.165, 1.54) is 0 Å². The highest BCUT2D eigenvalue weighted by Gasteiger charge is 2.08. The van der Waals surface area contributed by atoms with E-state index in [1.807, 2.05) is 19.1 Å². The molecule has 2 aromatic rings. The highest BCUT2D eigenvalue weighted by Crippen LogP contribution is 2.06. The molecule has 4 heteroatoms. The maximum atomic E-state index is 12.2. The van der Waals surface area contributed by atoms with Crippen molar-refractivity contribution in [3.8, 4) is 0 Å². The average molecular weight is 230 g/mol. The summed E-state index contributed by atoms with van der Waals surface area (Å²) in [7, 11) is 0. The smallest absolute Gasteiger partial charge is 0.261 e. The predicted molar refractivity (Wildman–Crippen MR) is 65.2 cm³/mol. The Labute approximate surface area is 98.9 Å². The summed E-state index contributed by atoms with van der Waals surface area (Å²) in [5, 5.41) is 0. The molecule has 2 heterocycles. The lowest BCUT2D eigenvalue weighted by Crippen LogP contribution is -2.21. The van der Waals surface area contributed by atoms with Crippen molar-refractivity contribution in [2.45, 2.75) is 26.2 Å².